The predicted molar refractivity (Wildman–Crippen MR) is 74.8 cm³/mol. The van der Waals surface area contributed by atoms with Crippen molar-refractivity contribution in [2.45, 2.75) is 32.3 Å². The van der Waals surface area contributed by atoms with E-state index in [0.29, 0.717) is 11.4 Å². The minimum atomic E-state index is 0.263. The number of hydrogen-bond donors (Lipinski definition) is 1. The Morgan fingerprint density at radius 2 is 2.42 bits per heavy atom. The van der Waals surface area contributed by atoms with Gasteiger partial charge in [-0.2, -0.15) is 5.26 Å². The zero-order chi connectivity index (χ0) is 13.7. The van der Waals surface area contributed by atoms with Gasteiger partial charge in [-0.1, -0.05) is 6.92 Å². The number of piperidine rings is 1. The van der Waals surface area contributed by atoms with Gasteiger partial charge in [0.05, 0.1) is 11.8 Å². The average molecular weight is 260 g/mol. The van der Waals surface area contributed by atoms with E-state index in [-0.39, 0.29) is 6.10 Å². The Morgan fingerprint density at radius 1 is 1.58 bits per heavy atom. The van der Waals surface area contributed by atoms with Crippen LogP contribution in [-0.2, 0) is 4.74 Å². The topological polar surface area (TPSA) is 75.2 Å². The summed E-state index contributed by atoms with van der Waals surface area (Å²) in [7, 11) is 0. The number of ether oxygens (including phenoxy) is 1. The number of nitrogens with zero attached hydrogens (tertiary/aromatic N) is 3. The van der Waals surface area contributed by atoms with Gasteiger partial charge in [0.25, 0.3) is 0 Å². The van der Waals surface area contributed by atoms with Crippen molar-refractivity contribution in [3.05, 3.63) is 17.8 Å². The molecule has 5 nitrogen and oxygen atoms in total. The number of aromatic nitrogens is 1. The molecule has 1 unspecified atom stereocenters. The molecule has 1 fully saturated rings. The fourth-order valence-corrected chi connectivity index (χ4v) is 2.29. The Bertz CT molecular complexity index is 469. The number of nitriles is 1. The Balaban J connectivity index is 2.07. The normalized spacial score (nSPS) is 19.2. The Hall–Kier alpha value is -1.80. The van der Waals surface area contributed by atoms with Gasteiger partial charge in [-0.3, -0.25) is 0 Å². The third-order valence-electron chi connectivity index (χ3n) is 3.28. The van der Waals surface area contributed by atoms with Crippen LogP contribution in [0, 0.1) is 11.3 Å². The van der Waals surface area contributed by atoms with E-state index in [9.17, 15) is 0 Å². The van der Waals surface area contributed by atoms with E-state index >= 15 is 0 Å². The first kappa shape index (κ1) is 13.6. The van der Waals surface area contributed by atoms with Gasteiger partial charge in [0.2, 0.25) is 0 Å². The molecule has 1 aromatic heterocycles. The fourth-order valence-electron chi connectivity index (χ4n) is 2.29. The summed E-state index contributed by atoms with van der Waals surface area (Å²) in [5, 5.41) is 8.97. The minimum absolute atomic E-state index is 0.263. The molecule has 1 aliphatic rings. The van der Waals surface area contributed by atoms with Gasteiger partial charge in [-0.15, -0.1) is 0 Å². The first-order valence-electron chi connectivity index (χ1n) is 6.77. The summed E-state index contributed by atoms with van der Waals surface area (Å²) in [6.07, 6.45) is 3.48. The van der Waals surface area contributed by atoms with Crippen LogP contribution in [0.3, 0.4) is 0 Å². The van der Waals surface area contributed by atoms with Crippen molar-refractivity contribution in [1.29, 1.82) is 5.26 Å². The van der Waals surface area contributed by atoms with E-state index in [2.05, 4.69) is 16.8 Å². The predicted octanol–water partition coefficient (Wildman–Crippen LogP) is 1.93. The van der Waals surface area contributed by atoms with Gasteiger partial charge in [0.1, 0.15) is 11.9 Å². The van der Waals surface area contributed by atoms with Crippen LogP contribution in [-0.4, -0.2) is 30.8 Å². The first-order valence-corrected chi connectivity index (χ1v) is 6.77. The van der Waals surface area contributed by atoms with Crippen LogP contribution in [0.5, 0.6) is 0 Å². The molecule has 19 heavy (non-hydrogen) atoms. The van der Waals surface area contributed by atoms with Crippen molar-refractivity contribution in [2.24, 2.45) is 0 Å². The van der Waals surface area contributed by atoms with Crippen LogP contribution in [0.1, 0.15) is 31.9 Å². The second-order valence-electron chi connectivity index (χ2n) is 4.80. The molecular formula is C14H20N4O. The molecule has 0 aromatic carbocycles. The van der Waals surface area contributed by atoms with E-state index in [1.54, 1.807) is 6.07 Å². The third-order valence-corrected chi connectivity index (χ3v) is 3.28. The molecule has 0 radical (unpaired) electrons. The maximum Gasteiger partial charge on any atom is 0.165 e. The van der Waals surface area contributed by atoms with Gasteiger partial charge in [0.15, 0.2) is 5.69 Å². The molecule has 5 heteroatoms. The van der Waals surface area contributed by atoms with Gasteiger partial charge in [0, 0.05) is 19.7 Å². The maximum atomic E-state index is 8.97. The van der Waals surface area contributed by atoms with Crippen molar-refractivity contribution in [3.63, 3.8) is 0 Å². The summed E-state index contributed by atoms with van der Waals surface area (Å²) >= 11 is 0. The highest BCUT2D eigenvalue weighted by Gasteiger charge is 2.21. The molecule has 2 rings (SSSR count). The molecule has 1 aliphatic heterocycles. The van der Waals surface area contributed by atoms with Crippen LogP contribution in [0.25, 0.3) is 0 Å². The summed E-state index contributed by atoms with van der Waals surface area (Å²) in [5.41, 5.74) is 6.43. The summed E-state index contributed by atoms with van der Waals surface area (Å²) < 4.78 is 5.80. The van der Waals surface area contributed by atoms with Crippen molar-refractivity contribution >= 4 is 11.5 Å². The second-order valence-corrected chi connectivity index (χ2v) is 4.80. The minimum Gasteiger partial charge on any atom is -0.396 e. The lowest BCUT2D eigenvalue weighted by molar-refractivity contribution is 0.0439. The zero-order valence-corrected chi connectivity index (χ0v) is 11.3. The Kier molecular flexibility index (Phi) is 4.58. The number of nitrogens with two attached hydrogens (primary N) is 1. The summed E-state index contributed by atoms with van der Waals surface area (Å²) in [6.45, 7) is 4.70. The molecule has 1 aromatic rings. The van der Waals surface area contributed by atoms with Gasteiger partial charge >= 0.3 is 0 Å². The van der Waals surface area contributed by atoms with Gasteiger partial charge in [-0.25, -0.2) is 4.98 Å². The van der Waals surface area contributed by atoms with Gasteiger partial charge < -0.3 is 15.4 Å². The molecular weight excluding hydrogens is 240 g/mol. The second kappa shape index (κ2) is 6.39. The van der Waals surface area contributed by atoms with Crippen molar-refractivity contribution in [2.75, 3.05) is 30.3 Å². The Labute approximate surface area is 114 Å². The third kappa shape index (κ3) is 3.36. The van der Waals surface area contributed by atoms with E-state index in [1.165, 1.54) is 0 Å². The zero-order valence-electron chi connectivity index (χ0n) is 11.3. The average Bonchev–Trinajstić information content (AvgIpc) is 2.46. The quantitative estimate of drug-likeness (QED) is 0.895. The van der Waals surface area contributed by atoms with Crippen molar-refractivity contribution < 1.29 is 4.74 Å². The maximum absolute atomic E-state index is 8.97. The number of anilines is 2. The molecule has 0 saturated carbocycles. The standard InChI is InChI=1S/C14H20N4O/c1-2-8-19-11-4-3-7-18(10-11)14-6-5-12(16)13(9-15)17-14/h5-6,11H,2-4,7-8,10,16H2,1H3. The smallest absolute Gasteiger partial charge is 0.165 e. The van der Waals surface area contributed by atoms with Crippen LogP contribution >= 0.6 is 0 Å². The van der Waals surface area contributed by atoms with Gasteiger partial charge in [-0.05, 0) is 31.4 Å². The molecule has 1 atom stereocenters. The van der Waals surface area contributed by atoms with Crippen molar-refractivity contribution in [1.82, 2.24) is 4.98 Å². The molecule has 1 saturated heterocycles. The first-order chi connectivity index (χ1) is 9.24. The molecule has 0 amide bonds. The SMILES string of the molecule is CCCOC1CCCN(c2ccc(N)c(C#N)n2)C1. The van der Waals surface area contributed by atoms with Crippen LogP contribution in [0.2, 0.25) is 0 Å². The number of hydrogen-bond acceptors (Lipinski definition) is 5. The van der Waals surface area contributed by atoms with Crippen LogP contribution in [0.4, 0.5) is 11.5 Å². The lowest BCUT2D eigenvalue weighted by atomic mass is 10.1. The van der Waals surface area contributed by atoms with Crippen LogP contribution in [0.15, 0.2) is 12.1 Å². The fraction of sp³-hybridized carbons (Fsp3) is 0.571. The molecule has 102 valence electrons. The number of rotatable bonds is 4. The molecule has 0 spiro atoms. The monoisotopic (exact) mass is 260 g/mol. The van der Waals surface area contributed by atoms with Crippen molar-refractivity contribution in [3.8, 4) is 6.07 Å². The van der Waals surface area contributed by atoms with E-state index in [1.807, 2.05) is 12.1 Å². The number of nitrogen functional groups attached to an aromatic ring is 1. The van der Waals surface area contributed by atoms with E-state index in [0.717, 1.165) is 44.8 Å². The highest BCUT2D eigenvalue weighted by molar-refractivity contribution is 5.55. The summed E-state index contributed by atoms with van der Waals surface area (Å²) in [5.74, 6) is 0.815. The summed E-state index contributed by atoms with van der Waals surface area (Å²) in [4.78, 5) is 6.48. The summed E-state index contributed by atoms with van der Waals surface area (Å²) in [6, 6.07) is 5.65. The lowest BCUT2D eigenvalue weighted by Crippen LogP contribution is -2.40. The lowest BCUT2D eigenvalue weighted by Gasteiger charge is -2.33. The van der Waals surface area contributed by atoms with Crippen LogP contribution < -0.4 is 10.6 Å². The molecule has 2 N–H and O–H groups in total. The highest BCUT2D eigenvalue weighted by atomic mass is 16.5. The Morgan fingerprint density at radius 3 is 3.16 bits per heavy atom. The van der Waals surface area contributed by atoms with E-state index in [4.69, 9.17) is 15.7 Å². The largest absolute Gasteiger partial charge is 0.396 e. The molecule has 0 aliphatic carbocycles. The number of pyridine rings is 1. The molecule has 2 heterocycles. The van der Waals surface area contributed by atoms with E-state index < -0.39 is 0 Å². The highest BCUT2D eigenvalue weighted by Crippen LogP contribution is 2.21. The molecule has 0 bridgehead atoms.